The summed E-state index contributed by atoms with van der Waals surface area (Å²) in [6.45, 7) is 4.08. The van der Waals surface area contributed by atoms with E-state index in [-0.39, 0.29) is 5.91 Å². The predicted octanol–water partition coefficient (Wildman–Crippen LogP) is 3.86. The number of aromatic nitrogens is 2. The van der Waals surface area contributed by atoms with E-state index in [9.17, 15) is 4.79 Å². The molecule has 1 N–H and O–H groups in total. The van der Waals surface area contributed by atoms with Crippen LogP contribution in [0.15, 0.2) is 48.5 Å². The maximum atomic E-state index is 13.0. The van der Waals surface area contributed by atoms with E-state index in [1.807, 2.05) is 60.1 Å². The molecule has 0 bridgehead atoms. The molecule has 3 aromatic rings. The van der Waals surface area contributed by atoms with Crippen LogP contribution in [0, 0.1) is 6.92 Å². The molecule has 1 aliphatic rings. The fraction of sp³-hybridized carbons (Fsp3) is 0.333. The zero-order valence-electron chi connectivity index (χ0n) is 15.3. The van der Waals surface area contributed by atoms with E-state index >= 15 is 0 Å². The molecule has 2 aromatic carbocycles. The first-order chi connectivity index (χ1) is 12.6. The zero-order chi connectivity index (χ0) is 18.1. The Morgan fingerprint density at radius 2 is 1.85 bits per heavy atom. The zero-order valence-corrected chi connectivity index (χ0v) is 15.3. The minimum absolute atomic E-state index is 0.0872. The highest BCUT2D eigenvalue weighted by Crippen LogP contribution is 2.27. The number of benzene rings is 2. The van der Waals surface area contributed by atoms with E-state index < -0.39 is 0 Å². The molecule has 1 fully saturated rings. The van der Waals surface area contributed by atoms with Crippen molar-refractivity contribution in [2.75, 3.05) is 25.5 Å². The molecule has 0 saturated carbocycles. The van der Waals surface area contributed by atoms with Crippen LogP contribution in [-0.2, 0) is 0 Å². The van der Waals surface area contributed by atoms with E-state index in [4.69, 9.17) is 0 Å². The highest BCUT2D eigenvalue weighted by molar-refractivity contribution is 6.12. The first-order valence-electron chi connectivity index (χ1n) is 9.15. The van der Waals surface area contributed by atoms with Crippen LogP contribution in [0.1, 0.15) is 34.9 Å². The highest BCUT2D eigenvalue weighted by atomic mass is 16.1. The third kappa shape index (κ3) is 3.22. The molecule has 1 saturated heterocycles. The summed E-state index contributed by atoms with van der Waals surface area (Å²) in [5, 5.41) is 9.78. The van der Waals surface area contributed by atoms with E-state index in [2.05, 4.69) is 22.4 Å². The summed E-state index contributed by atoms with van der Waals surface area (Å²) >= 11 is 0. The summed E-state index contributed by atoms with van der Waals surface area (Å²) in [5.74, 6) is 0.700. The van der Waals surface area contributed by atoms with Gasteiger partial charge in [-0.2, -0.15) is 5.10 Å². The Kier molecular flexibility index (Phi) is 4.47. The third-order valence-corrected chi connectivity index (χ3v) is 5.17. The minimum Gasteiger partial charge on any atom is -0.307 e. The van der Waals surface area contributed by atoms with Crippen molar-refractivity contribution in [1.82, 2.24) is 14.7 Å². The van der Waals surface area contributed by atoms with Crippen molar-refractivity contribution >= 4 is 22.5 Å². The smallest absolute Gasteiger partial charge is 0.257 e. The van der Waals surface area contributed by atoms with Crippen LogP contribution < -0.4 is 5.32 Å². The second-order valence-electron chi connectivity index (χ2n) is 7.13. The van der Waals surface area contributed by atoms with Gasteiger partial charge >= 0.3 is 0 Å². The molecule has 0 aliphatic carbocycles. The number of carbonyl (C=O) groups excluding carboxylic acids is 1. The second kappa shape index (κ2) is 6.92. The van der Waals surface area contributed by atoms with Crippen LogP contribution in [-0.4, -0.2) is 40.7 Å². The SMILES string of the molecule is Cc1cc(NC(=O)c2cccc3ccccc23)n(C2CCN(C)CC2)n1. The molecule has 1 amide bonds. The van der Waals surface area contributed by atoms with Crippen LogP contribution in [0.3, 0.4) is 0 Å². The van der Waals surface area contributed by atoms with Gasteiger partial charge in [0, 0.05) is 11.6 Å². The molecule has 1 aromatic heterocycles. The topological polar surface area (TPSA) is 50.2 Å². The lowest BCUT2D eigenvalue weighted by atomic mass is 10.0. The second-order valence-corrected chi connectivity index (χ2v) is 7.13. The van der Waals surface area contributed by atoms with Gasteiger partial charge in [-0.1, -0.05) is 36.4 Å². The molecule has 0 atom stereocenters. The highest BCUT2D eigenvalue weighted by Gasteiger charge is 2.22. The number of fused-ring (bicyclic) bond motifs is 1. The van der Waals surface area contributed by atoms with Gasteiger partial charge in [0.1, 0.15) is 5.82 Å². The number of hydrogen-bond donors (Lipinski definition) is 1. The number of likely N-dealkylation sites (tertiary alicyclic amines) is 1. The standard InChI is InChI=1S/C21H24N4O/c1-15-14-20(25(23-15)17-10-12-24(2)13-11-17)22-21(26)19-9-5-7-16-6-3-4-8-18(16)19/h3-9,14,17H,10-13H2,1-2H3,(H,22,26). The number of rotatable bonds is 3. The predicted molar refractivity (Wildman–Crippen MR) is 105 cm³/mol. The van der Waals surface area contributed by atoms with Gasteiger partial charge in [-0.3, -0.25) is 4.79 Å². The summed E-state index contributed by atoms with van der Waals surface area (Å²) in [7, 11) is 2.15. The van der Waals surface area contributed by atoms with Crippen molar-refractivity contribution in [3.05, 3.63) is 59.8 Å². The van der Waals surface area contributed by atoms with Gasteiger partial charge in [-0.15, -0.1) is 0 Å². The molecular formula is C21H24N4O. The summed E-state index contributed by atoms with van der Waals surface area (Å²) in [5.41, 5.74) is 1.62. The van der Waals surface area contributed by atoms with Gasteiger partial charge in [-0.25, -0.2) is 4.68 Å². The van der Waals surface area contributed by atoms with Gasteiger partial charge in [0.05, 0.1) is 11.7 Å². The van der Waals surface area contributed by atoms with Crippen molar-refractivity contribution in [2.24, 2.45) is 0 Å². The molecule has 4 rings (SSSR count). The molecule has 5 nitrogen and oxygen atoms in total. The van der Waals surface area contributed by atoms with Crippen molar-refractivity contribution in [1.29, 1.82) is 0 Å². The maximum Gasteiger partial charge on any atom is 0.257 e. The molecule has 0 radical (unpaired) electrons. The number of nitrogens with zero attached hydrogens (tertiary/aromatic N) is 3. The van der Waals surface area contributed by atoms with Crippen LogP contribution >= 0.6 is 0 Å². The normalized spacial score (nSPS) is 16.1. The summed E-state index contributed by atoms with van der Waals surface area (Å²) < 4.78 is 2.01. The molecule has 134 valence electrons. The molecule has 0 spiro atoms. The van der Waals surface area contributed by atoms with Crippen LogP contribution in [0.2, 0.25) is 0 Å². The number of anilines is 1. The Hall–Kier alpha value is -2.66. The Morgan fingerprint density at radius 3 is 2.65 bits per heavy atom. The molecule has 1 aliphatic heterocycles. The average molecular weight is 348 g/mol. The molecule has 2 heterocycles. The van der Waals surface area contributed by atoms with Crippen molar-refractivity contribution in [3.8, 4) is 0 Å². The van der Waals surface area contributed by atoms with E-state index in [1.54, 1.807) is 0 Å². The summed E-state index contributed by atoms with van der Waals surface area (Å²) in [6.07, 6.45) is 2.10. The number of hydrogen-bond acceptors (Lipinski definition) is 3. The van der Waals surface area contributed by atoms with E-state index in [0.29, 0.717) is 11.6 Å². The average Bonchev–Trinajstić information content (AvgIpc) is 3.02. The number of aryl methyl sites for hydroxylation is 1. The number of amides is 1. The first kappa shape index (κ1) is 16.8. The lowest BCUT2D eigenvalue weighted by Gasteiger charge is -2.30. The first-order valence-corrected chi connectivity index (χ1v) is 9.15. The van der Waals surface area contributed by atoms with E-state index in [0.717, 1.165) is 48.2 Å². The van der Waals surface area contributed by atoms with Crippen LogP contribution in [0.25, 0.3) is 10.8 Å². The maximum absolute atomic E-state index is 13.0. The minimum atomic E-state index is -0.0872. The number of piperidine rings is 1. The van der Waals surface area contributed by atoms with E-state index in [1.165, 1.54) is 0 Å². The quantitative estimate of drug-likeness (QED) is 0.782. The molecule has 0 unspecified atom stereocenters. The molecule has 5 heteroatoms. The van der Waals surface area contributed by atoms with Crippen molar-refractivity contribution in [3.63, 3.8) is 0 Å². The van der Waals surface area contributed by atoms with Gasteiger partial charge in [0.2, 0.25) is 0 Å². The number of nitrogens with one attached hydrogen (secondary N) is 1. The van der Waals surface area contributed by atoms with Gasteiger partial charge in [0.25, 0.3) is 5.91 Å². The third-order valence-electron chi connectivity index (χ3n) is 5.17. The van der Waals surface area contributed by atoms with Gasteiger partial charge < -0.3 is 10.2 Å². The lowest BCUT2D eigenvalue weighted by Crippen LogP contribution is -2.32. The van der Waals surface area contributed by atoms with Crippen molar-refractivity contribution < 1.29 is 4.79 Å². The molecular weight excluding hydrogens is 324 g/mol. The summed E-state index contributed by atoms with van der Waals surface area (Å²) in [4.78, 5) is 15.3. The fourth-order valence-electron chi connectivity index (χ4n) is 3.73. The van der Waals surface area contributed by atoms with Gasteiger partial charge in [-0.05, 0) is 56.7 Å². The van der Waals surface area contributed by atoms with Crippen LogP contribution in [0.5, 0.6) is 0 Å². The van der Waals surface area contributed by atoms with Crippen molar-refractivity contribution in [2.45, 2.75) is 25.8 Å². The molecule has 26 heavy (non-hydrogen) atoms. The lowest BCUT2D eigenvalue weighted by molar-refractivity contribution is 0.102. The van der Waals surface area contributed by atoms with Crippen LogP contribution in [0.4, 0.5) is 5.82 Å². The monoisotopic (exact) mass is 348 g/mol. The van der Waals surface area contributed by atoms with Gasteiger partial charge in [0.15, 0.2) is 0 Å². The largest absolute Gasteiger partial charge is 0.307 e. The Morgan fingerprint density at radius 1 is 1.12 bits per heavy atom. The summed E-state index contributed by atoms with van der Waals surface area (Å²) in [6, 6.07) is 16.1. The Bertz CT molecular complexity index is 933. The fourth-order valence-corrected chi connectivity index (χ4v) is 3.73. The Labute approximate surface area is 153 Å². The number of carbonyl (C=O) groups is 1. The Balaban J connectivity index is 1.62.